The Labute approximate surface area is 178 Å². The van der Waals surface area contributed by atoms with Crippen molar-refractivity contribution in [2.24, 2.45) is 4.99 Å². The first-order valence-corrected chi connectivity index (χ1v) is 9.12. The number of ether oxygens (including phenoxy) is 1. The van der Waals surface area contributed by atoms with Crippen molar-refractivity contribution < 1.29 is 4.74 Å². The molecule has 1 aliphatic carbocycles. The number of methoxy groups -OCH3 is 1. The van der Waals surface area contributed by atoms with E-state index < -0.39 is 0 Å². The molecule has 2 aromatic rings. The Hall–Kier alpha value is -1.84. The van der Waals surface area contributed by atoms with Crippen molar-refractivity contribution >= 4 is 29.9 Å². The number of rotatable bonds is 5. The van der Waals surface area contributed by atoms with E-state index in [4.69, 9.17) is 9.84 Å². The molecule has 3 rings (SSSR count). The van der Waals surface area contributed by atoms with Gasteiger partial charge < -0.3 is 15.4 Å². The second-order valence-electron chi connectivity index (χ2n) is 6.89. The summed E-state index contributed by atoms with van der Waals surface area (Å²) in [6.45, 7) is 4.99. The lowest BCUT2D eigenvalue weighted by atomic mass is 9.94. The molecule has 0 saturated carbocycles. The molecule has 0 aliphatic heterocycles. The molecule has 0 spiro atoms. The number of fused-ring (bicyclic) bond motifs is 1. The van der Waals surface area contributed by atoms with Crippen LogP contribution in [0.15, 0.2) is 29.5 Å². The fraction of sp³-hybridized carbons (Fsp3) is 0.526. The van der Waals surface area contributed by atoms with Gasteiger partial charge in [-0.15, -0.1) is 24.0 Å². The van der Waals surface area contributed by atoms with Crippen LogP contribution < -0.4 is 15.4 Å². The highest BCUT2D eigenvalue weighted by Gasteiger charge is 2.22. The number of hydrogen-bond donors (Lipinski definition) is 2. The fourth-order valence-corrected chi connectivity index (χ4v) is 3.15. The second-order valence-corrected chi connectivity index (χ2v) is 6.89. The average Bonchev–Trinajstić information content (AvgIpc) is 3.09. The Morgan fingerprint density at radius 1 is 1.44 bits per heavy atom. The summed E-state index contributed by atoms with van der Waals surface area (Å²) in [5, 5.41) is 11.6. The molecular formula is C19H29IN6O. The van der Waals surface area contributed by atoms with E-state index in [1.807, 2.05) is 12.1 Å². The molecule has 0 aromatic carbocycles. The van der Waals surface area contributed by atoms with Gasteiger partial charge in [0.15, 0.2) is 5.96 Å². The minimum Gasteiger partial charge on any atom is -0.481 e. The molecule has 7 nitrogen and oxygen atoms in total. The van der Waals surface area contributed by atoms with Gasteiger partial charge in [-0.1, -0.05) is 0 Å². The largest absolute Gasteiger partial charge is 0.481 e. The van der Waals surface area contributed by atoms with Gasteiger partial charge in [0, 0.05) is 50.6 Å². The maximum atomic E-state index is 5.17. The van der Waals surface area contributed by atoms with Crippen LogP contribution in [0.1, 0.15) is 43.1 Å². The number of guanidine groups is 1. The van der Waals surface area contributed by atoms with Gasteiger partial charge in [0.2, 0.25) is 5.88 Å². The molecule has 2 N–H and O–H groups in total. The smallest absolute Gasteiger partial charge is 0.213 e. The molecule has 0 saturated heterocycles. The summed E-state index contributed by atoms with van der Waals surface area (Å²) in [6, 6.07) is 4.63. The SMILES string of the molecule is CN=C(NCc1ccnc(OC)c1)NC1CCc2cn(C(C)C)nc2C1.I. The number of hydrogen-bond acceptors (Lipinski definition) is 4. The van der Waals surface area contributed by atoms with E-state index >= 15 is 0 Å². The van der Waals surface area contributed by atoms with Crippen molar-refractivity contribution in [3.8, 4) is 5.88 Å². The zero-order chi connectivity index (χ0) is 18.5. The quantitative estimate of drug-likeness (QED) is 0.388. The molecule has 2 aromatic heterocycles. The molecule has 0 amide bonds. The van der Waals surface area contributed by atoms with Gasteiger partial charge in [-0.05, 0) is 43.9 Å². The summed E-state index contributed by atoms with van der Waals surface area (Å²) in [5.74, 6) is 1.42. The summed E-state index contributed by atoms with van der Waals surface area (Å²) in [7, 11) is 3.42. The van der Waals surface area contributed by atoms with E-state index in [2.05, 4.69) is 45.3 Å². The van der Waals surface area contributed by atoms with Crippen molar-refractivity contribution in [3.05, 3.63) is 41.3 Å². The number of aromatic nitrogens is 3. The van der Waals surface area contributed by atoms with Crippen LogP contribution in [-0.4, -0.2) is 40.9 Å². The van der Waals surface area contributed by atoms with Gasteiger partial charge in [-0.2, -0.15) is 5.10 Å². The maximum absolute atomic E-state index is 5.17. The van der Waals surface area contributed by atoms with E-state index in [1.165, 1.54) is 11.3 Å². The van der Waals surface area contributed by atoms with E-state index in [0.717, 1.165) is 30.8 Å². The van der Waals surface area contributed by atoms with Crippen molar-refractivity contribution in [1.82, 2.24) is 25.4 Å². The van der Waals surface area contributed by atoms with Crippen molar-refractivity contribution in [2.45, 2.75) is 51.7 Å². The molecule has 148 valence electrons. The molecule has 0 bridgehead atoms. The Kier molecular flexibility index (Phi) is 7.88. The van der Waals surface area contributed by atoms with E-state index in [-0.39, 0.29) is 24.0 Å². The Balaban J connectivity index is 0.00000261. The number of aliphatic imine (C=N–C) groups is 1. The standard InChI is InChI=1S/C19H28N6O.HI/c1-13(2)25-12-15-5-6-16(10-17(15)24-25)23-19(20-3)22-11-14-7-8-21-18(9-14)26-4;/h7-9,12-13,16H,5-6,10-11H2,1-4H3,(H2,20,22,23);1H. The van der Waals surface area contributed by atoms with Gasteiger partial charge in [-0.3, -0.25) is 9.67 Å². The number of pyridine rings is 1. The Morgan fingerprint density at radius 3 is 2.96 bits per heavy atom. The normalized spacial score (nSPS) is 16.5. The van der Waals surface area contributed by atoms with Crippen molar-refractivity contribution in [2.75, 3.05) is 14.2 Å². The first-order valence-electron chi connectivity index (χ1n) is 9.12. The molecule has 1 unspecified atom stereocenters. The molecule has 0 fully saturated rings. The summed E-state index contributed by atoms with van der Waals surface area (Å²) in [5.41, 5.74) is 3.68. The zero-order valence-corrected chi connectivity index (χ0v) is 18.7. The highest BCUT2D eigenvalue weighted by Crippen LogP contribution is 2.21. The van der Waals surface area contributed by atoms with Crippen LogP contribution in [0.5, 0.6) is 5.88 Å². The highest BCUT2D eigenvalue weighted by molar-refractivity contribution is 14.0. The molecule has 27 heavy (non-hydrogen) atoms. The van der Waals surface area contributed by atoms with Crippen LogP contribution in [0, 0.1) is 0 Å². The molecule has 1 aliphatic rings. The zero-order valence-electron chi connectivity index (χ0n) is 16.4. The van der Waals surface area contributed by atoms with Gasteiger partial charge in [0.05, 0.1) is 12.8 Å². The third-order valence-electron chi connectivity index (χ3n) is 4.66. The lowest BCUT2D eigenvalue weighted by Gasteiger charge is -2.24. The first kappa shape index (κ1) is 21.5. The fourth-order valence-electron chi connectivity index (χ4n) is 3.15. The van der Waals surface area contributed by atoms with Crippen LogP contribution in [0.3, 0.4) is 0 Å². The summed E-state index contributed by atoms with van der Waals surface area (Å²) >= 11 is 0. The Morgan fingerprint density at radius 2 is 2.26 bits per heavy atom. The minimum absolute atomic E-state index is 0. The van der Waals surface area contributed by atoms with Crippen LogP contribution in [0.2, 0.25) is 0 Å². The number of nitrogens with one attached hydrogen (secondary N) is 2. The van der Waals surface area contributed by atoms with E-state index in [9.17, 15) is 0 Å². The minimum atomic E-state index is 0. The predicted octanol–water partition coefficient (Wildman–Crippen LogP) is 2.71. The molecule has 1 atom stereocenters. The predicted molar refractivity (Wildman–Crippen MR) is 118 cm³/mol. The third-order valence-corrected chi connectivity index (χ3v) is 4.66. The molecule has 2 heterocycles. The average molecular weight is 484 g/mol. The van der Waals surface area contributed by atoms with Crippen LogP contribution in [0.25, 0.3) is 0 Å². The topological polar surface area (TPSA) is 76.4 Å². The van der Waals surface area contributed by atoms with Crippen LogP contribution in [-0.2, 0) is 19.4 Å². The summed E-state index contributed by atoms with van der Waals surface area (Å²) < 4.78 is 7.23. The number of nitrogens with zero attached hydrogens (tertiary/aromatic N) is 4. The lowest BCUT2D eigenvalue weighted by Crippen LogP contribution is -2.45. The summed E-state index contributed by atoms with van der Waals surface area (Å²) in [6.07, 6.45) is 7.01. The third kappa shape index (κ3) is 5.57. The monoisotopic (exact) mass is 484 g/mol. The number of halogens is 1. The highest BCUT2D eigenvalue weighted by atomic mass is 127. The van der Waals surface area contributed by atoms with Gasteiger partial charge >= 0.3 is 0 Å². The molecular weight excluding hydrogens is 455 g/mol. The van der Waals surface area contributed by atoms with E-state index in [0.29, 0.717) is 24.5 Å². The second kappa shape index (κ2) is 9.91. The van der Waals surface area contributed by atoms with Crippen LogP contribution >= 0.6 is 24.0 Å². The van der Waals surface area contributed by atoms with E-state index in [1.54, 1.807) is 20.4 Å². The summed E-state index contributed by atoms with van der Waals surface area (Å²) in [4.78, 5) is 8.48. The van der Waals surface area contributed by atoms with Crippen LogP contribution in [0.4, 0.5) is 0 Å². The lowest BCUT2D eigenvalue weighted by molar-refractivity contribution is 0.397. The van der Waals surface area contributed by atoms with Crippen molar-refractivity contribution in [1.29, 1.82) is 0 Å². The molecule has 8 heteroatoms. The van der Waals surface area contributed by atoms with Gasteiger partial charge in [0.25, 0.3) is 0 Å². The first-order chi connectivity index (χ1) is 12.6. The van der Waals surface area contributed by atoms with Gasteiger partial charge in [-0.25, -0.2) is 4.98 Å². The maximum Gasteiger partial charge on any atom is 0.213 e. The number of aryl methyl sites for hydroxylation is 1. The van der Waals surface area contributed by atoms with Gasteiger partial charge in [0.1, 0.15) is 0 Å². The molecule has 0 radical (unpaired) electrons. The Bertz CT molecular complexity index is 773. The van der Waals surface area contributed by atoms with Crippen molar-refractivity contribution in [3.63, 3.8) is 0 Å².